The van der Waals surface area contributed by atoms with E-state index in [1.54, 1.807) is 6.20 Å². The van der Waals surface area contributed by atoms with E-state index in [1.807, 2.05) is 23.2 Å². The van der Waals surface area contributed by atoms with Crippen LogP contribution in [0.15, 0.2) is 24.5 Å². The molecule has 0 bridgehead atoms. The molecule has 0 unspecified atom stereocenters. The molecule has 1 saturated carbocycles. The van der Waals surface area contributed by atoms with Crippen LogP contribution in [0.4, 0.5) is 0 Å². The summed E-state index contributed by atoms with van der Waals surface area (Å²) in [6, 6.07) is 3.62. The summed E-state index contributed by atoms with van der Waals surface area (Å²) in [7, 11) is 0. The van der Waals surface area contributed by atoms with Crippen molar-refractivity contribution in [3.8, 4) is 0 Å². The van der Waals surface area contributed by atoms with Gasteiger partial charge in [0.15, 0.2) is 0 Å². The fourth-order valence-electron chi connectivity index (χ4n) is 4.26. The number of aromatic amines is 1. The summed E-state index contributed by atoms with van der Waals surface area (Å²) in [5.41, 5.74) is 4.62. The topological polar surface area (TPSA) is 74.4 Å². The molecule has 142 valence electrons. The van der Waals surface area contributed by atoms with Crippen LogP contribution in [0.25, 0.3) is 0 Å². The summed E-state index contributed by atoms with van der Waals surface area (Å²) in [4.78, 5) is 22.1. The summed E-state index contributed by atoms with van der Waals surface area (Å²) in [5, 5.41) is 7.75. The molecular weight excluding hydrogens is 342 g/mol. The van der Waals surface area contributed by atoms with Crippen molar-refractivity contribution < 1.29 is 9.53 Å². The molecule has 7 heteroatoms. The number of morpholine rings is 1. The summed E-state index contributed by atoms with van der Waals surface area (Å²) in [5.74, 6) is 0.756. The molecule has 0 spiro atoms. The van der Waals surface area contributed by atoms with Crippen LogP contribution in [0, 0.1) is 0 Å². The van der Waals surface area contributed by atoms with Gasteiger partial charge in [-0.05, 0) is 24.5 Å². The van der Waals surface area contributed by atoms with E-state index in [1.165, 1.54) is 29.8 Å². The average molecular weight is 367 g/mol. The van der Waals surface area contributed by atoms with E-state index in [9.17, 15) is 4.79 Å². The Hall–Kier alpha value is -2.25. The summed E-state index contributed by atoms with van der Waals surface area (Å²) < 4.78 is 5.50. The predicted octanol–water partition coefficient (Wildman–Crippen LogP) is 1.64. The van der Waals surface area contributed by atoms with Crippen molar-refractivity contribution >= 4 is 5.91 Å². The Morgan fingerprint density at radius 2 is 2.11 bits per heavy atom. The molecule has 2 fully saturated rings. The molecule has 2 aromatic heterocycles. The third kappa shape index (κ3) is 3.26. The number of hydrogen-bond acceptors (Lipinski definition) is 5. The van der Waals surface area contributed by atoms with E-state index in [-0.39, 0.29) is 11.9 Å². The van der Waals surface area contributed by atoms with Crippen LogP contribution in [0.5, 0.6) is 0 Å². The highest BCUT2D eigenvalue weighted by molar-refractivity contribution is 5.83. The van der Waals surface area contributed by atoms with E-state index in [0.29, 0.717) is 25.7 Å². The second-order valence-electron chi connectivity index (χ2n) is 7.69. The van der Waals surface area contributed by atoms with E-state index in [2.05, 4.69) is 20.1 Å². The fourth-order valence-corrected chi connectivity index (χ4v) is 4.26. The lowest BCUT2D eigenvalue weighted by atomic mass is 10.00. The van der Waals surface area contributed by atoms with Gasteiger partial charge in [-0.1, -0.05) is 6.07 Å². The molecule has 27 heavy (non-hydrogen) atoms. The van der Waals surface area contributed by atoms with Crippen LogP contribution >= 0.6 is 0 Å². The first-order valence-electron chi connectivity index (χ1n) is 9.88. The number of pyridine rings is 1. The van der Waals surface area contributed by atoms with Crippen LogP contribution in [-0.4, -0.2) is 63.7 Å². The number of hydrogen-bond donors (Lipinski definition) is 1. The maximum atomic E-state index is 13.6. The Morgan fingerprint density at radius 1 is 1.26 bits per heavy atom. The van der Waals surface area contributed by atoms with Crippen LogP contribution in [0.2, 0.25) is 0 Å². The third-order valence-electron chi connectivity index (χ3n) is 5.89. The van der Waals surface area contributed by atoms with Crippen LogP contribution in [0.3, 0.4) is 0 Å². The van der Waals surface area contributed by atoms with Gasteiger partial charge in [-0.3, -0.25) is 19.8 Å². The maximum Gasteiger partial charge on any atom is 0.244 e. The Labute approximate surface area is 158 Å². The molecule has 3 aliphatic rings. The van der Waals surface area contributed by atoms with Gasteiger partial charge in [-0.2, -0.15) is 5.10 Å². The van der Waals surface area contributed by atoms with Gasteiger partial charge in [-0.15, -0.1) is 0 Å². The second-order valence-corrected chi connectivity index (χ2v) is 7.69. The molecule has 1 atom stereocenters. The van der Waals surface area contributed by atoms with Crippen LogP contribution < -0.4 is 0 Å². The number of rotatable bonds is 4. The highest BCUT2D eigenvalue weighted by atomic mass is 16.5. The standard InChI is InChI=1S/C20H25N5O2/c26-20(19(15-2-1-6-21-12-15)24-8-10-27-11-9-24)25-7-5-17-16(13-25)18(23-22-17)14-3-4-14/h1-2,6,12,14,19H,3-5,7-11,13H2,(H,22,23)/t19-/m0/s1. The first-order chi connectivity index (χ1) is 13.3. The number of nitrogens with zero attached hydrogens (tertiary/aromatic N) is 4. The zero-order chi connectivity index (χ0) is 18.2. The maximum absolute atomic E-state index is 13.6. The first-order valence-corrected chi connectivity index (χ1v) is 9.88. The molecule has 1 N–H and O–H groups in total. The van der Waals surface area contributed by atoms with Gasteiger partial charge in [0.25, 0.3) is 0 Å². The number of nitrogens with one attached hydrogen (secondary N) is 1. The SMILES string of the molecule is O=C([C@H](c1cccnc1)N1CCOCC1)N1CCc2[nH]nc(C3CC3)c2C1. The van der Waals surface area contributed by atoms with Crippen molar-refractivity contribution in [2.45, 2.75) is 37.8 Å². The molecule has 1 aliphatic carbocycles. The highest BCUT2D eigenvalue weighted by Gasteiger charge is 2.37. The van der Waals surface area contributed by atoms with Gasteiger partial charge in [0.1, 0.15) is 6.04 Å². The molecule has 1 saturated heterocycles. The number of aromatic nitrogens is 3. The van der Waals surface area contributed by atoms with Crippen molar-refractivity contribution in [2.24, 2.45) is 0 Å². The summed E-state index contributed by atoms with van der Waals surface area (Å²) in [6.07, 6.45) is 6.87. The zero-order valence-electron chi connectivity index (χ0n) is 15.4. The van der Waals surface area contributed by atoms with E-state index in [4.69, 9.17) is 4.74 Å². The third-order valence-corrected chi connectivity index (χ3v) is 5.89. The number of amides is 1. The largest absolute Gasteiger partial charge is 0.379 e. The van der Waals surface area contributed by atoms with Gasteiger partial charge in [0.05, 0.1) is 18.9 Å². The normalized spacial score (nSPS) is 21.7. The van der Waals surface area contributed by atoms with Crippen molar-refractivity contribution in [1.29, 1.82) is 0 Å². The number of fused-ring (bicyclic) bond motifs is 1. The number of carbonyl (C=O) groups excluding carboxylic acids is 1. The summed E-state index contributed by atoms with van der Waals surface area (Å²) >= 11 is 0. The van der Waals surface area contributed by atoms with Gasteiger partial charge in [-0.25, -0.2) is 0 Å². The minimum atomic E-state index is -0.291. The predicted molar refractivity (Wildman–Crippen MR) is 99.1 cm³/mol. The molecule has 2 aliphatic heterocycles. The molecule has 4 heterocycles. The van der Waals surface area contributed by atoms with Gasteiger partial charge in [0, 0.05) is 62.2 Å². The van der Waals surface area contributed by atoms with Crippen molar-refractivity contribution in [3.05, 3.63) is 47.0 Å². The molecular formula is C20H25N5O2. The minimum absolute atomic E-state index is 0.165. The Kier molecular flexibility index (Phi) is 4.41. The summed E-state index contributed by atoms with van der Waals surface area (Å²) in [6.45, 7) is 4.27. The number of H-pyrrole nitrogens is 1. The van der Waals surface area contributed by atoms with E-state index < -0.39 is 0 Å². The molecule has 2 aromatic rings. The molecule has 0 radical (unpaired) electrons. The smallest absolute Gasteiger partial charge is 0.244 e. The zero-order valence-corrected chi connectivity index (χ0v) is 15.4. The number of carbonyl (C=O) groups is 1. The highest BCUT2D eigenvalue weighted by Crippen LogP contribution is 2.42. The quantitative estimate of drug-likeness (QED) is 0.889. The van der Waals surface area contributed by atoms with Gasteiger partial charge in [0.2, 0.25) is 5.91 Å². The Balaban J connectivity index is 1.42. The minimum Gasteiger partial charge on any atom is -0.379 e. The Morgan fingerprint density at radius 3 is 2.85 bits per heavy atom. The first kappa shape index (κ1) is 16.9. The lowest BCUT2D eigenvalue weighted by molar-refractivity contribution is -0.140. The van der Waals surface area contributed by atoms with E-state index >= 15 is 0 Å². The van der Waals surface area contributed by atoms with Gasteiger partial charge >= 0.3 is 0 Å². The molecule has 5 rings (SSSR count). The van der Waals surface area contributed by atoms with Crippen molar-refractivity contribution in [2.75, 3.05) is 32.8 Å². The second kappa shape index (κ2) is 7.05. The fraction of sp³-hybridized carbons (Fsp3) is 0.550. The van der Waals surface area contributed by atoms with E-state index in [0.717, 1.165) is 31.6 Å². The lowest BCUT2D eigenvalue weighted by Gasteiger charge is -2.37. The number of ether oxygens (including phenoxy) is 1. The molecule has 0 aromatic carbocycles. The molecule has 1 amide bonds. The van der Waals surface area contributed by atoms with Crippen LogP contribution in [-0.2, 0) is 22.5 Å². The van der Waals surface area contributed by atoms with Crippen molar-refractivity contribution in [1.82, 2.24) is 25.0 Å². The Bertz CT molecular complexity index is 811. The van der Waals surface area contributed by atoms with Gasteiger partial charge < -0.3 is 9.64 Å². The monoisotopic (exact) mass is 367 g/mol. The average Bonchev–Trinajstić information content (AvgIpc) is 3.48. The van der Waals surface area contributed by atoms with Crippen molar-refractivity contribution in [3.63, 3.8) is 0 Å². The van der Waals surface area contributed by atoms with Crippen LogP contribution in [0.1, 0.15) is 47.3 Å². The molecule has 7 nitrogen and oxygen atoms in total. The lowest BCUT2D eigenvalue weighted by Crippen LogP contribution is -2.48.